The van der Waals surface area contributed by atoms with E-state index in [0.717, 1.165) is 24.9 Å². The Morgan fingerprint density at radius 1 is 1.37 bits per heavy atom. The number of thiophene rings is 1. The number of carbonyl (C=O) groups excluding carboxylic acids is 1. The minimum absolute atomic E-state index is 0.0460. The van der Waals surface area contributed by atoms with Gasteiger partial charge in [0.25, 0.3) is 0 Å². The van der Waals surface area contributed by atoms with Gasteiger partial charge in [0.1, 0.15) is 6.61 Å². The van der Waals surface area contributed by atoms with E-state index in [2.05, 4.69) is 24.9 Å². The molecule has 142 valence electrons. The molecule has 2 heterocycles. The van der Waals surface area contributed by atoms with Crippen molar-refractivity contribution in [1.82, 2.24) is 4.90 Å². The lowest BCUT2D eigenvalue weighted by atomic mass is 9.97. The maximum Gasteiger partial charge on any atom is 0.247 e. The number of amides is 1. The molecule has 27 heavy (non-hydrogen) atoms. The number of hydrogen-bond donors (Lipinski definition) is 0. The zero-order chi connectivity index (χ0) is 19.2. The van der Waals surface area contributed by atoms with Gasteiger partial charge in [-0.15, -0.1) is 11.3 Å². The van der Waals surface area contributed by atoms with Crippen LogP contribution in [0, 0.1) is 0 Å². The summed E-state index contributed by atoms with van der Waals surface area (Å²) < 4.78 is 10.9. The highest BCUT2D eigenvalue weighted by molar-refractivity contribution is 7.10. The smallest absolute Gasteiger partial charge is 0.247 e. The van der Waals surface area contributed by atoms with Crippen LogP contribution in [0.1, 0.15) is 35.4 Å². The Labute approximate surface area is 164 Å². The molecule has 0 aliphatic carbocycles. The predicted molar refractivity (Wildman–Crippen MR) is 110 cm³/mol. The van der Waals surface area contributed by atoms with Gasteiger partial charge in [0.05, 0.1) is 13.2 Å². The summed E-state index contributed by atoms with van der Waals surface area (Å²) in [5.74, 6) is 1.34. The minimum atomic E-state index is 0.0460. The number of carbonyl (C=O) groups is 1. The number of hydrogen-bond acceptors (Lipinski definition) is 4. The molecule has 0 saturated heterocycles. The van der Waals surface area contributed by atoms with Crippen molar-refractivity contribution >= 4 is 23.3 Å². The Bertz CT molecular complexity index is 840. The highest BCUT2D eigenvalue weighted by Gasteiger charge is 2.29. The molecule has 1 aromatic heterocycles. The van der Waals surface area contributed by atoms with Crippen molar-refractivity contribution in [1.29, 1.82) is 0 Å². The van der Waals surface area contributed by atoms with E-state index in [1.54, 1.807) is 30.6 Å². The van der Waals surface area contributed by atoms with E-state index in [1.165, 1.54) is 10.4 Å². The average Bonchev–Trinajstić information content (AvgIpc) is 3.18. The fourth-order valence-electron chi connectivity index (χ4n) is 3.42. The molecule has 0 saturated carbocycles. The SMILES string of the molecule is C=CCOc1ccc(/C=C/C(=O)N2CCc3sccc3C2CC)cc1OC. The van der Waals surface area contributed by atoms with Gasteiger partial charge in [-0.3, -0.25) is 4.79 Å². The normalized spacial score (nSPS) is 16.2. The van der Waals surface area contributed by atoms with Gasteiger partial charge in [-0.2, -0.15) is 0 Å². The topological polar surface area (TPSA) is 38.8 Å². The van der Waals surface area contributed by atoms with Gasteiger partial charge < -0.3 is 14.4 Å². The zero-order valence-electron chi connectivity index (χ0n) is 15.8. The Balaban J connectivity index is 1.74. The average molecular weight is 384 g/mol. The number of fused-ring (bicyclic) bond motifs is 1. The molecule has 0 bridgehead atoms. The number of benzene rings is 1. The molecule has 1 unspecified atom stereocenters. The van der Waals surface area contributed by atoms with E-state index < -0.39 is 0 Å². The summed E-state index contributed by atoms with van der Waals surface area (Å²) in [7, 11) is 1.60. The summed E-state index contributed by atoms with van der Waals surface area (Å²) in [6.07, 6.45) is 7.03. The molecule has 0 fully saturated rings. The van der Waals surface area contributed by atoms with Crippen LogP contribution in [-0.2, 0) is 11.2 Å². The number of nitrogens with zero attached hydrogens (tertiary/aromatic N) is 1. The van der Waals surface area contributed by atoms with Crippen LogP contribution < -0.4 is 9.47 Å². The summed E-state index contributed by atoms with van der Waals surface area (Å²) in [6, 6.07) is 7.95. The highest BCUT2D eigenvalue weighted by Crippen LogP contribution is 2.35. The van der Waals surface area contributed by atoms with Gasteiger partial charge in [0.2, 0.25) is 5.91 Å². The quantitative estimate of drug-likeness (QED) is 0.506. The van der Waals surface area contributed by atoms with Crippen LogP contribution in [0.15, 0.2) is 48.4 Å². The minimum Gasteiger partial charge on any atom is -0.493 e. The van der Waals surface area contributed by atoms with E-state index in [1.807, 2.05) is 29.2 Å². The van der Waals surface area contributed by atoms with Gasteiger partial charge >= 0.3 is 0 Å². The molecule has 1 aromatic carbocycles. The molecular weight excluding hydrogens is 358 g/mol. The second kappa shape index (κ2) is 8.91. The standard InChI is InChI=1S/C22H25NO3S/c1-4-13-26-19-8-6-16(15-20(19)25-3)7-9-22(24)23-12-10-21-17(11-14-27-21)18(23)5-2/h4,6-9,11,14-15,18H,1,5,10,12-13H2,2-3H3/b9-7+. The van der Waals surface area contributed by atoms with Crippen LogP contribution in [0.25, 0.3) is 6.08 Å². The first-order chi connectivity index (χ1) is 13.2. The van der Waals surface area contributed by atoms with Crippen molar-refractivity contribution in [3.63, 3.8) is 0 Å². The van der Waals surface area contributed by atoms with Gasteiger partial charge in [0.15, 0.2) is 11.5 Å². The number of ether oxygens (including phenoxy) is 2. The summed E-state index contributed by atoms with van der Waals surface area (Å²) >= 11 is 1.79. The first-order valence-corrected chi connectivity index (χ1v) is 10.0. The third-order valence-corrected chi connectivity index (χ3v) is 5.72. The van der Waals surface area contributed by atoms with Crippen LogP contribution in [0.5, 0.6) is 11.5 Å². The van der Waals surface area contributed by atoms with Crippen LogP contribution in [0.3, 0.4) is 0 Å². The summed E-state index contributed by atoms with van der Waals surface area (Å²) in [5, 5.41) is 2.12. The van der Waals surface area contributed by atoms with Gasteiger partial charge in [-0.05, 0) is 53.6 Å². The summed E-state index contributed by atoms with van der Waals surface area (Å²) in [6.45, 7) is 6.97. The lowest BCUT2D eigenvalue weighted by molar-refractivity contribution is -0.128. The van der Waals surface area contributed by atoms with Gasteiger partial charge in [-0.25, -0.2) is 0 Å². The van der Waals surface area contributed by atoms with Crippen molar-refractivity contribution in [2.75, 3.05) is 20.3 Å². The molecule has 1 aliphatic heterocycles. The van der Waals surface area contributed by atoms with Crippen molar-refractivity contribution in [2.45, 2.75) is 25.8 Å². The Morgan fingerprint density at radius 3 is 2.96 bits per heavy atom. The molecule has 3 rings (SSSR count). The summed E-state index contributed by atoms with van der Waals surface area (Å²) in [5.41, 5.74) is 2.20. The van der Waals surface area contributed by atoms with Gasteiger partial charge in [0, 0.05) is 17.5 Å². The Kier molecular flexibility index (Phi) is 6.35. The van der Waals surface area contributed by atoms with Crippen molar-refractivity contribution in [3.8, 4) is 11.5 Å². The molecule has 4 nitrogen and oxygen atoms in total. The second-order valence-electron chi connectivity index (χ2n) is 6.35. The van der Waals surface area contributed by atoms with Crippen molar-refractivity contribution < 1.29 is 14.3 Å². The van der Waals surface area contributed by atoms with Crippen LogP contribution in [0.4, 0.5) is 0 Å². The molecule has 0 spiro atoms. The maximum absolute atomic E-state index is 12.8. The molecule has 0 N–H and O–H groups in total. The number of rotatable bonds is 7. The molecule has 1 atom stereocenters. The fourth-order valence-corrected chi connectivity index (χ4v) is 4.35. The zero-order valence-corrected chi connectivity index (χ0v) is 16.6. The van der Waals surface area contributed by atoms with Crippen LogP contribution >= 0.6 is 11.3 Å². The number of methoxy groups -OCH3 is 1. The monoisotopic (exact) mass is 383 g/mol. The van der Waals surface area contributed by atoms with Gasteiger partial charge in [-0.1, -0.05) is 25.6 Å². The van der Waals surface area contributed by atoms with Crippen LogP contribution in [0.2, 0.25) is 0 Å². The van der Waals surface area contributed by atoms with E-state index >= 15 is 0 Å². The van der Waals surface area contributed by atoms with E-state index in [-0.39, 0.29) is 11.9 Å². The molecule has 0 radical (unpaired) electrons. The molecule has 2 aromatic rings. The third kappa shape index (κ3) is 4.25. The van der Waals surface area contributed by atoms with Crippen molar-refractivity contribution in [2.24, 2.45) is 0 Å². The van der Waals surface area contributed by atoms with Crippen LogP contribution in [-0.4, -0.2) is 31.1 Å². The first-order valence-electron chi connectivity index (χ1n) is 9.14. The van der Waals surface area contributed by atoms with E-state index in [9.17, 15) is 4.79 Å². The lowest BCUT2D eigenvalue weighted by Crippen LogP contribution is -2.38. The van der Waals surface area contributed by atoms with Crippen molar-refractivity contribution in [3.05, 3.63) is 64.4 Å². The fraction of sp³-hybridized carbons (Fsp3) is 0.318. The highest BCUT2D eigenvalue weighted by atomic mass is 32.1. The molecule has 1 aliphatic rings. The molecular formula is C22H25NO3S. The molecule has 1 amide bonds. The predicted octanol–water partition coefficient (Wildman–Crippen LogP) is 4.87. The summed E-state index contributed by atoms with van der Waals surface area (Å²) in [4.78, 5) is 16.2. The largest absolute Gasteiger partial charge is 0.493 e. The Morgan fingerprint density at radius 2 is 2.22 bits per heavy atom. The van der Waals surface area contributed by atoms with E-state index in [4.69, 9.17) is 9.47 Å². The lowest BCUT2D eigenvalue weighted by Gasteiger charge is -2.34. The Hall–Kier alpha value is -2.53. The third-order valence-electron chi connectivity index (χ3n) is 4.73. The second-order valence-corrected chi connectivity index (χ2v) is 7.35. The maximum atomic E-state index is 12.8. The van der Waals surface area contributed by atoms with E-state index in [0.29, 0.717) is 18.1 Å². The molecule has 5 heteroatoms. The first kappa shape index (κ1) is 19.2.